The van der Waals surface area contributed by atoms with Crippen molar-refractivity contribution in [2.45, 2.75) is 50.8 Å². The van der Waals surface area contributed by atoms with Crippen molar-refractivity contribution in [1.29, 1.82) is 0 Å². The van der Waals surface area contributed by atoms with Crippen LogP contribution in [0.15, 0.2) is 24.4 Å². The van der Waals surface area contributed by atoms with Crippen molar-refractivity contribution in [2.75, 3.05) is 11.9 Å². The standard InChI is InChI=1S/C18H24N4O3/c1-11(10-23)20-17(25)12-2-3-13-9-19-18(22-16(13)8-12)21-14-4-6-15(24)7-5-14/h2-3,8-9,11,14-15,23-24H,4-7,10H2,1H3,(H,20,25)(H,19,21,22)/t11-,14?,15?/m0/s1. The van der Waals surface area contributed by atoms with Gasteiger partial charge < -0.3 is 20.8 Å². The average molecular weight is 344 g/mol. The Morgan fingerprint density at radius 2 is 2.08 bits per heavy atom. The van der Waals surface area contributed by atoms with Crippen LogP contribution < -0.4 is 10.6 Å². The molecule has 1 aliphatic carbocycles. The van der Waals surface area contributed by atoms with Crippen LogP contribution in [-0.2, 0) is 0 Å². The predicted molar refractivity (Wildman–Crippen MR) is 95.4 cm³/mol. The molecule has 7 nitrogen and oxygen atoms in total. The Morgan fingerprint density at radius 3 is 2.80 bits per heavy atom. The number of hydrogen-bond acceptors (Lipinski definition) is 6. The number of aliphatic hydroxyl groups is 2. The van der Waals surface area contributed by atoms with Gasteiger partial charge in [-0.1, -0.05) is 6.07 Å². The first-order valence-electron chi connectivity index (χ1n) is 8.68. The molecule has 0 unspecified atom stereocenters. The highest BCUT2D eigenvalue weighted by Gasteiger charge is 2.20. The van der Waals surface area contributed by atoms with Gasteiger partial charge in [0.15, 0.2) is 0 Å². The van der Waals surface area contributed by atoms with Crippen LogP contribution in [0.3, 0.4) is 0 Å². The van der Waals surface area contributed by atoms with Gasteiger partial charge in [0.2, 0.25) is 5.95 Å². The molecular weight excluding hydrogens is 320 g/mol. The minimum atomic E-state index is -0.299. The summed E-state index contributed by atoms with van der Waals surface area (Å²) in [7, 11) is 0. The zero-order valence-corrected chi connectivity index (χ0v) is 14.3. The number of carbonyl (C=O) groups excluding carboxylic acids is 1. The molecule has 2 aromatic rings. The van der Waals surface area contributed by atoms with Gasteiger partial charge in [-0.05, 0) is 44.7 Å². The second kappa shape index (κ2) is 7.76. The predicted octanol–water partition coefficient (Wildman–Crippen LogP) is 1.46. The van der Waals surface area contributed by atoms with Crippen molar-refractivity contribution in [1.82, 2.24) is 15.3 Å². The molecule has 0 spiro atoms. The van der Waals surface area contributed by atoms with E-state index in [2.05, 4.69) is 20.6 Å². The molecule has 0 saturated heterocycles. The van der Waals surface area contributed by atoms with Crippen molar-refractivity contribution in [3.63, 3.8) is 0 Å². The van der Waals surface area contributed by atoms with Crippen molar-refractivity contribution >= 4 is 22.8 Å². The van der Waals surface area contributed by atoms with Gasteiger partial charge in [-0.2, -0.15) is 0 Å². The number of nitrogens with zero attached hydrogens (tertiary/aromatic N) is 2. The maximum absolute atomic E-state index is 12.2. The van der Waals surface area contributed by atoms with E-state index in [1.54, 1.807) is 25.3 Å². The van der Waals surface area contributed by atoms with E-state index in [1.165, 1.54) is 0 Å². The molecule has 4 N–H and O–H groups in total. The molecule has 3 rings (SSSR count). The normalized spacial score (nSPS) is 21.7. The maximum atomic E-state index is 12.2. The Hall–Kier alpha value is -2.25. The Morgan fingerprint density at radius 1 is 1.32 bits per heavy atom. The van der Waals surface area contributed by atoms with Gasteiger partial charge in [-0.3, -0.25) is 4.79 Å². The monoisotopic (exact) mass is 344 g/mol. The number of aromatic nitrogens is 2. The summed E-state index contributed by atoms with van der Waals surface area (Å²) < 4.78 is 0. The second-order valence-corrected chi connectivity index (χ2v) is 6.67. The molecule has 1 amide bonds. The summed E-state index contributed by atoms with van der Waals surface area (Å²) in [4.78, 5) is 21.0. The molecule has 7 heteroatoms. The van der Waals surface area contributed by atoms with E-state index in [9.17, 15) is 9.90 Å². The third-order valence-corrected chi connectivity index (χ3v) is 4.53. The third-order valence-electron chi connectivity index (χ3n) is 4.53. The van der Waals surface area contributed by atoms with E-state index >= 15 is 0 Å². The van der Waals surface area contributed by atoms with Gasteiger partial charge in [-0.25, -0.2) is 9.97 Å². The van der Waals surface area contributed by atoms with Gasteiger partial charge >= 0.3 is 0 Å². The summed E-state index contributed by atoms with van der Waals surface area (Å²) in [6, 6.07) is 5.23. The highest BCUT2D eigenvalue weighted by molar-refractivity contribution is 5.97. The van der Waals surface area contributed by atoms with Gasteiger partial charge in [0, 0.05) is 29.2 Å². The van der Waals surface area contributed by atoms with Crippen molar-refractivity contribution in [3.05, 3.63) is 30.0 Å². The molecule has 25 heavy (non-hydrogen) atoms. The highest BCUT2D eigenvalue weighted by atomic mass is 16.3. The molecule has 1 atom stereocenters. The van der Waals surface area contributed by atoms with Crippen LogP contribution in [0.2, 0.25) is 0 Å². The first-order valence-corrected chi connectivity index (χ1v) is 8.68. The largest absolute Gasteiger partial charge is 0.394 e. The summed E-state index contributed by atoms with van der Waals surface area (Å²) in [5.74, 6) is 0.299. The number of rotatable bonds is 5. The zero-order chi connectivity index (χ0) is 17.8. The molecule has 1 saturated carbocycles. The van der Waals surface area contributed by atoms with Crippen LogP contribution in [0, 0.1) is 0 Å². The fraction of sp³-hybridized carbons (Fsp3) is 0.500. The van der Waals surface area contributed by atoms with E-state index in [1.807, 2.05) is 6.07 Å². The molecule has 0 radical (unpaired) electrons. The first-order chi connectivity index (χ1) is 12.0. The quantitative estimate of drug-likeness (QED) is 0.654. The van der Waals surface area contributed by atoms with Crippen LogP contribution in [0.1, 0.15) is 43.0 Å². The highest BCUT2D eigenvalue weighted by Crippen LogP contribution is 2.22. The molecule has 0 bridgehead atoms. The number of aliphatic hydroxyl groups excluding tert-OH is 2. The average Bonchev–Trinajstić information content (AvgIpc) is 2.63. The van der Waals surface area contributed by atoms with Crippen LogP contribution >= 0.6 is 0 Å². The fourth-order valence-corrected chi connectivity index (χ4v) is 2.99. The minimum absolute atomic E-state index is 0.106. The van der Waals surface area contributed by atoms with E-state index in [0.717, 1.165) is 31.1 Å². The number of anilines is 1. The SMILES string of the molecule is C[C@@H](CO)NC(=O)c1ccc2cnc(NC3CCC(O)CC3)nc2c1. The Balaban J connectivity index is 1.75. The summed E-state index contributed by atoms with van der Waals surface area (Å²) in [6.45, 7) is 1.63. The number of hydrogen-bond donors (Lipinski definition) is 4. The molecule has 134 valence electrons. The second-order valence-electron chi connectivity index (χ2n) is 6.67. The zero-order valence-electron chi connectivity index (χ0n) is 14.3. The van der Waals surface area contributed by atoms with Gasteiger partial charge in [0.05, 0.1) is 18.2 Å². The van der Waals surface area contributed by atoms with Gasteiger partial charge in [0.25, 0.3) is 5.91 Å². The van der Waals surface area contributed by atoms with E-state index < -0.39 is 0 Å². The Kier molecular flexibility index (Phi) is 5.45. The van der Waals surface area contributed by atoms with E-state index in [0.29, 0.717) is 17.0 Å². The summed E-state index contributed by atoms with van der Waals surface area (Å²) in [6.07, 6.45) is 4.91. The lowest BCUT2D eigenvalue weighted by atomic mass is 9.93. The van der Waals surface area contributed by atoms with Crippen LogP contribution in [-0.4, -0.2) is 50.9 Å². The number of carbonyl (C=O) groups is 1. The van der Waals surface area contributed by atoms with Crippen LogP contribution in [0.5, 0.6) is 0 Å². The number of fused-ring (bicyclic) bond motifs is 1. The molecule has 1 aromatic carbocycles. The molecule has 1 fully saturated rings. The number of nitrogens with one attached hydrogen (secondary N) is 2. The van der Waals surface area contributed by atoms with Crippen LogP contribution in [0.4, 0.5) is 5.95 Å². The third kappa shape index (κ3) is 4.43. The Bertz CT molecular complexity index is 744. The smallest absolute Gasteiger partial charge is 0.251 e. The summed E-state index contributed by atoms with van der Waals surface area (Å²) in [5, 5.41) is 25.5. The van der Waals surface area contributed by atoms with Crippen LogP contribution in [0.25, 0.3) is 10.9 Å². The molecule has 1 aliphatic rings. The van der Waals surface area contributed by atoms with Crippen molar-refractivity contribution in [2.24, 2.45) is 0 Å². The van der Waals surface area contributed by atoms with E-state index in [-0.39, 0.29) is 30.7 Å². The Labute approximate surface area is 146 Å². The van der Waals surface area contributed by atoms with Gasteiger partial charge in [-0.15, -0.1) is 0 Å². The van der Waals surface area contributed by atoms with Crippen molar-refractivity contribution in [3.8, 4) is 0 Å². The summed E-state index contributed by atoms with van der Waals surface area (Å²) in [5.41, 5.74) is 1.19. The molecule has 1 aromatic heterocycles. The van der Waals surface area contributed by atoms with Crippen molar-refractivity contribution < 1.29 is 15.0 Å². The lowest BCUT2D eigenvalue weighted by molar-refractivity contribution is 0.0922. The fourth-order valence-electron chi connectivity index (χ4n) is 2.99. The topological polar surface area (TPSA) is 107 Å². The molecule has 1 heterocycles. The number of benzene rings is 1. The summed E-state index contributed by atoms with van der Waals surface area (Å²) >= 11 is 0. The first kappa shape index (κ1) is 17.6. The lowest BCUT2D eigenvalue weighted by Crippen LogP contribution is -2.34. The molecular formula is C18H24N4O3. The van der Waals surface area contributed by atoms with Gasteiger partial charge in [0.1, 0.15) is 0 Å². The minimum Gasteiger partial charge on any atom is -0.394 e. The van der Waals surface area contributed by atoms with E-state index in [4.69, 9.17) is 5.11 Å². The maximum Gasteiger partial charge on any atom is 0.251 e. The number of amides is 1. The molecule has 0 aliphatic heterocycles. The lowest BCUT2D eigenvalue weighted by Gasteiger charge is -2.26.